The number of amides is 1. The molecule has 2 heterocycles. The Bertz CT molecular complexity index is 1050. The lowest BCUT2D eigenvalue weighted by Gasteiger charge is -2.09. The van der Waals surface area contributed by atoms with E-state index in [1.54, 1.807) is 11.4 Å². The number of rotatable bonds is 9. The van der Waals surface area contributed by atoms with E-state index in [-0.39, 0.29) is 18.3 Å². The number of nitrogens with two attached hydrogens (primary N) is 1. The van der Waals surface area contributed by atoms with E-state index in [1.165, 1.54) is 28.7 Å². The number of nitrogen functional groups attached to an aromatic ring is 1. The summed E-state index contributed by atoms with van der Waals surface area (Å²) in [7, 11) is 1.29. The maximum Gasteiger partial charge on any atom is 0.350 e. The lowest BCUT2D eigenvalue weighted by Crippen LogP contribution is -2.18. The molecule has 0 fully saturated rings. The van der Waals surface area contributed by atoms with Gasteiger partial charge >= 0.3 is 5.97 Å². The fourth-order valence-electron chi connectivity index (χ4n) is 2.58. The Labute approximate surface area is 187 Å². The molecule has 0 atom stereocenters. The molecule has 2 aromatic heterocycles. The first-order valence-corrected chi connectivity index (χ1v) is 11.3. The number of thiophene rings is 1. The molecular weight excluding hydrogens is 438 g/mol. The van der Waals surface area contributed by atoms with Crippen LogP contribution < -0.4 is 15.9 Å². The molecule has 0 unspecified atom stereocenters. The van der Waals surface area contributed by atoms with Crippen molar-refractivity contribution < 1.29 is 19.1 Å². The standard InChI is InChI=1S/C20H23N5O4S2/c1-12(2)13-4-6-14(7-5-13)29-10-16-23-24-20(25(16)21)31-11-17(26)22-15-8-9-30-18(15)19(27)28-3/h4-9,12H,10-11,21H2,1-3H3,(H,22,26). The maximum absolute atomic E-state index is 12.2. The van der Waals surface area contributed by atoms with Crippen molar-refractivity contribution in [2.45, 2.75) is 31.5 Å². The molecule has 0 aliphatic heterocycles. The molecule has 0 radical (unpaired) electrons. The second-order valence-corrected chi connectivity index (χ2v) is 8.63. The molecule has 0 saturated carbocycles. The summed E-state index contributed by atoms with van der Waals surface area (Å²) in [6.45, 7) is 4.41. The number of anilines is 1. The van der Waals surface area contributed by atoms with Crippen LogP contribution in [-0.4, -0.2) is 39.6 Å². The SMILES string of the molecule is COC(=O)c1sccc1NC(=O)CSc1nnc(COc2ccc(C(C)C)cc2)n1N. The van der Waals surface area contributed by atoms with Gasteiger partial charge in [0.2, 0.25) is 11.1 Å². The zero-order chi connectivity index (χ0) is 22.4. The molecule has 11 heteroatoms. The summed E-state index contributed by atoms with van der Waals surface area (Å²) < 4.78 is 11.7. The number of thioether (sulfide) groups is 1. The molecule has 31 heavy (non-hydrogen) atoms. The summed E-state index contributed by atoms with van der Waals surface area (Å²) in [5.74, 6) is 6.86. The molecular formula is C20H23N5O4S2. The lowest BCUT2D eigenvalue weighted by atomic mass is 10.0. The molecule has 0 bridgehead atoms. The fourth-order valence-corrected chi connectivity index (χ4v) is 4.02. The normalized spacial score (nSPS) is 10.8. The van der Waals surface area contributed by atoms with Gasteiger partial charge in [-0.3, -0.25) is 4.79 Å². The van der Waals surface area contributed by atoms with Crippen LogP contribution >= 0.6 is 23.1 Å². The Morgan fingerprint density at radius 1 is 1.23 bits per heavy atom. The zero-order valence-corrected chi connectivity index (χ0v) is 19.0. The van der Waals surface area contributed by atoms with E-state index in [4.69, 9.17) is 15.3 Å². The first kappa shape index (κ1) is 22.6. The van der Waals surface area contributed by atoms with Crippen LogP contribution in [-0.2, 0) is 16.1 Å². The highest BCUT2D eigenvalue weighted by molar-refractivity contribution is 7.99. The second-order valence-electron chi connectivity index (χ2n) is 6.77. The predicted molar refractivity (Wildman–Crippen MR) is 120 cm³/mol. The largest absolute Gasteiger partial charge is 0.486 e. The number of carbonyl (C=O) groups is 2. The molecule has 3 rings (SSSR count). The third-order valence-electron chi connectivity index (χ3n) is 4.29. The fraction of sp³-hybridized carbons (Fsp3) is 0.300. The van der Waals surface area contributed by atoms with Crippen LogP contribution in [0.3, 0.4) is 0 Å². The van der Waals surface area contributed by atoms with Gasteiger partial charge in [-0.15, -0.1) is 21.5 Å². The molecule has 1 amide bonds. The molecule has 0 saturated heterocycles. The number of hydrogen-bond acceptors (Lipinski definition) is 9. The van der Waals surface area contributed by atoms with Gasteiger partial charge in [0.15, 0.2) is 5.82 Å². The van der Waals surface area contributed by atoms with Gasteiger partial charge in [0, 0.05) is 0 Å². The Morgan fingerprint density at radius 3 is 2.65 bits per heavy atom. The van der Waals surface area contributed by atoms with Gasteiger partial charge < -0.3 is 20.6 Å². The summed E-state index contributed by atoms with van der Waals surface area (Å²) in [4.78, 5) is 24.3. The molecule has 1 aromatic carbocycles. The monoisotopic (exact) mass is 461 g/mol. The minimum atomic E-state index is -0.497. The number of hydrogen-bond donors (Lipinski definition) is 2. The summed E-state index contributed by atoms with van der Waals surface area (Å²) in [6.07, 6.45) is 0. The third-order valence-corrected chi connectivity index (χ3v) is 6.13. The minimum Gasteiger partial charge on any atom is -0.486 e. The van der Waals surface area contributed by atoms with Crippen molar-refractivity contribution in [1.82, 2.24) is 14.9 Å². The number of aromatic nitrogens is 3. The number of nitrogens with one attached hydrogen (secondary N) is 1. The van der Waals surface area contributed by atoms with Gasteiger partial charge in [0.25, 0.3) is 0 Å². The Morgan fingerprint density at radius 2 is 1.97 bits per heavy atom. The van der Waals surface area contributed by atoms with E-state index in [0.29, 0.717) is 33.2 Å². The number of benzene rings is 1. The topological polar surface area (TPSA) is 121 Å². The van der Waals surface area contributed by atoms with Crippen LogP contribution in [0.25, 0.3) is 0 Å². The zero-order valence-electron chi connectivity index (χ0n) is 17.3. The van der Waals surface area contributed by atoms with Crippen molar-refractivity contribution in [2.75, 3.05) is 24.0 Å². The Kier molecular flexibility index (Phi) is 7.53. The van der Waals surface area contributed by atoms with E-state index in [9.17, 15) is 9.59 Å². The molecule has 0 aliphatic carbocycles. The molecule has 3 N–H and O–H groups in total. The van der Waals surface area contributed by atoms with Crippen molar-refractivity contribution in [3.8, 4) is 5.75 Å². The van der Waals surface area contributed by atoms with Crippen molar-refractivity contribution in [3.63, 3.8) is 0 Å². The number of nitrogens with zero attached hydrogens (tertiary/aromatic N) is 3. The summed E-state index contributed by atoms with van der Waals surface area (Å²) >= 11 is 2.32. The highest BCUT2D eigenvalue weighted by atomic mass is 32.2. The summed E-state index contributed by atoms with van der Waals surface area (Å²) in [5, 5.41) is 12.8. The predicted octanol–water partition coefficient (Wildman–Crippen LogP) is 3.27. The average molecular weight is 462 g/mol. The summed E-state index contributed by atoms with van der Waals surface area (Å²) in [5.41, 5.74) is 1.64. The molecule has 164 valence electrons. The Hall–Kier alpha value is -3.05. The summed E-state index contributed by atoms with van der Waals surface area (Å²) in [6, 6.07) is 9.49. The maximum atomic E-state index is 12.2. The average Bonchev–Trinajstić information content (AvgIpc) is 3.37. The number of esters is 1. The first-order valence-electron chi connectivity index (χ1n) is 9.39. The van der Waals surface area contributed by atoms with E-state index < -0.39 is 5.97 Å². The van der Waals surface area contributed by atoms with Crippen molar-refractivity contribution in [3.05, 3.63) is 52.0 Å². The van der Waals surface area contributed by atoms with E-state index in [2.05, 4.69) is 29.4 Å². The highest BCUT2D eigenvalue weighted by Gasteiger charge is 2.17. The van der Waals surface area contributed by atoms with Crippen LogP contribution in [0.15, 0.2) is 40.9 Å². The lowest BCUT2D eigenvalue weighted by molar-refractivity contribution is -0.113. The first-order chi connectivity index (χ1) is 14.9. The molecule has 9 nitrogen and oxygen atoms in total. The molecule has 3 aromatic rings. The van der Waals surface area contributed by atoms with Crippen molar-refractivity contribution in [2.24, 2.45) is 0 Å². The van der Waals surface area contributed by atoms with Gasteiger partial charge in [-0.25, -0.2) is 9.47 Å². The van der Waals surface area contributed by atoms with Crippen molar-refractivity contribution >= 4 is 40.7 Å². The van der Waals surface area contributed by atoms with Gasteiger partial charge in [0.1, 0.15) is 17.2 Å². The van der Waals surface area contributed by atoms with Gasteiger partial charge in [0.05, 0.1) is 18.6 Å². The van der Waals surface area contributed by atoms with E-state index in [0.717, 1.165) is 11.8 Å². The van der Waals surface area contributed by atoms with E-state index in [1.807, 2.05) is 24.3 Å². The van der Waals surface area contributed by atoms with Gasteiger partial charge in [-0.05, 0) is 35.1 Å². The molecule has 0 spiro atoms. The molecule has 0 aliphatic rings. The smallest absolute Gasteiger partial charge is 0.350 e. The van der Waals surface area contributed by atoms with Crippen LogP contribution in [0.1, 0.15) is 40.8 Å². The quantitative estimate of drug-likeness (QED) is 0.283. The van der Waals surface area contributed by atoms with Gasteiger partial charge in [-0.1, -0.05) is 37.7 Å². The number of carbonyl (C=O) groups excluding carboxylic acids is 2. The minimum absolute atomic E-state index is 0.0450. The second kappa shape index (κ2) is 10.3. The highest BCUT2D eigenvalue weighted by Crippen LogP contribution is 2.24. The Balaban J connectivity index is 1.52. The third kappa shape index (κ3) is 5.76. The number of methoxy groups -OCH3 is 1. The van der Waals surface area contributed by atoms with Crippen LogP contribution in [0.4, 0.5) is 5.69 Å². The van der Waals surface area contributed by atoms with Crippen molar-refractivity contribution in [1.29, 1.82) is 0 Å². The van der Waals surface area contributed by atoms with E-state index >= 15 is 0 Å². The van der Waals surface area contributed by atoms with Crippen LogP contribution in [0.5, 0.6) is 5.75 Å². The van der Waals surface area contributed by atoms with Crippen LogP contribution in [0, 0.1) is 0 Å². The van der Waals surface area contributed by atoms with Crippen LogP contribution in [0.2, 0.25) is 0 Å². The van der Waals surface area contributed by atoms with Gasteiger partial charge in [-0.2, -0.15) is 0 Å². The number of ether oxygens (including phenoxy) is 2.